The van der Waals surface area contributed by atoms with Crippen LogP contribution >= 0.6 is 11.6 Å². The van der Waals surface area contributed by atoms with Crippen LogP contribution in [0.15, 0.2) is 18.2 Å². The van der Waals surface area contributed by atoms with Gasteiger partial charge in [-0.15, -0.1) is 0 Å². The van der Waals surface area contributed by atoms with Crippen LogP contribution in [0.5, 0.6) is 5.75 Å². The average Bonchev–Trinajstić information content (AvgIpc) is 2.51. The van der Waals surface area contributed by atoms with Crippen LogP contribution in [0.1, 0.15) is 57.4 Å². The molecule has 0 saturated carbocycles. The molecule has 1 unspecified atom stereocenters. The summed E-state index contributed by atoms with van der Waals surface area (Å²) < 4.78 is 19.0. The highest BCUT2D eigenvalue weighted by Gasteiger charge is 2.19. The van der Waals surface area contributed by atoms with E-state index < -0.39 is 5.82 Å². The summed E-state index contributed by atoms with van der Waals surface area (Å²) in [4.78, 5) is 0. The standard InChI is InChI=1S/C18H24ClFO/c1-3-4-5-6-13-7-9-14(10-8-13)15-11-12-16(21-2)18(20)17(15)19/h9,11-13H,3-8,10H2,1-2H3. The Morgan fingerprint density at radius 3 is 2.76 bits per heavy atom. The molecule has 0 bridgehead atoms. The van der Waals surface area contributed by atoms with Crippen LogP contribution in [0.2, 0.25) is 5.02 Å². The number of allylic oxidation sites excluding steroid dienone is 2. The Hall–Kier alpha value is -1.02. The van der Waals surface area contributed by atoms with Crippen molar-refractivity contribution in [1.29, 1.82) is 0 Å². The second-order valence-corrected chi connectivity index (χ2v) is 6.19. The number of halogens is 2. The maximum atomic E-state index is 14.0. The summed E-state index contributed by atoms with van der Waals surface area (Å²) in [6.07, 6.45) is 10.7. The zero-order valence-corrected chi connectivity index (χ0v) is 13.7. The van der Waals surface area contributed by atoms with E-state index in [1.54, 1.807) is 6.07 Å². The topological polar surface area (TPSA) is 9.23 Å². The smallest absolute Gasteiger partial charge is 0.184 e. The largest absolute Gasteiger partial charge is 0.494 e. The third kappa shape index (κ3) is 4.00. The van der Waals surface area contributed by atoms with E-state index in [0.717, 1.165) is 24.3 Å². The van der Waals surface area contributed by atoms with Crippen molar-refractivity contribution < 1.29 is 9.13 Å². The van der Waals surface area contributed by atoms with E-state index in [-0.39, 0.29) is 10.8 Å². The molecule has 21 heavy (non-hydrogen) atoms. The van der Waals surface area contributed by atoms with Crippen LogP contribution in [-0.4, -0.2) is 7.11 Å². The molecule has 0 fully saturated rings. The first-order chi connectivity index (χ1) is 10.2. The molecule has 1 aliphatic rings. The Morgan fingerprint density at radius 1 is 1.33 bits per heavy atom. The molecule has 0 aromatic heterocycles. The van der Waals surface area contributed by atoms with Gasteiger partial charge in [-0.05, 0) is 48.4 Å². The van der Waals surface area contributed by atoms with Crippen molar-refractivity contribution in [2.24, 2.45) is 5.92 Å². The van der Waals surface area contributed by atoms with Crippen molar-refractivity contribution in [2.45, 2.75) is 51.9 Å². The molecule has 3 heteroatoms. The fraction of sp³-hybridized carbons (Fsp3) is 0.556. The minimum Gasteiger partial charge on any atom is -0.494 e. The van der Waals surface area contributed by atoms with Crippen molar-refractivity contribution in [3.05, 3.63) is 34.6 Å². The van der Waals surface area contributed by atoms with Gasteiger partial charge in [-0.1, -0.05) is 50.3 Å². The maximum absolute atomic E-state index is 14.0. The second kappa shape index (κ2) is 7.84. The molecular weight excluding hydrogens is 287 g/mol. The normalized spacial score (nSPS) is 18.5. The SMILES string of the molecule is CCCCCC1CC=C(c2ccc(OC)c(F)c2Cl)CC1. The Balaban J connectivity index is 2.05. The minimum absolute atomic E-state index is 0.185. The zero-order valence-electron chi connectivity index (χ0n) is 12.9. The quantitative estimate of drug-likeness (QED) is 0.564. The lowest BCUT2D eigenvalue weighted by Crippen LogP contribution is -2.06. The summed E-state index contributed by atoms with van der Waals surface area (Å²) in [6, 6.07) is 3.53. The molecule has 1 atom stereocenters. The molecule has 1 aromatic rings. The predicted octanol–water partition coefficient (Wildman–Crippen LogP) is 6.25. The van der Waals surface area contributed by atoms with Gasteiger partial charge in [0.15, 0.2) is 11.6 Å². The van der Waals surface area contributed by atoms with Crippen LogP contribution in [-0.2, 0) is 0 Å². The maximum Gasteiger partial charge on any atom is 0.184 e. The van der Waals surface area contributed by atoms with Gasteiger partial charge in [-0.3, -0.25) is 0 Å². The van der Waals surface area contributed by atoms with E-state index in [4.69, 9.17) is 16.3 Å². The molecule has 0 N–H and O–H groups in total. The number of methoxy groups -OCH3 is 1. The van der Waals surface area contributed by atoms with Crippen LogP contribution in [0, 0.1) is 11.7 Å². The summed E-state index contributed by atoms with van der Waals surface area (Å²) >= 11 is 6.15. The van der Waals surface area contributed by atoms with E-state index in [1.807, 2.05) is 6.07 Å². The molecule has 0 spiro atoms. The molecule has 1 nitrogen and oxygen atoms in total. The Kier molecular flexibility index (Phi) is 6.10. The molecule has 0 radical (unpaired) electrons. The highest BCUT2D eigenvalue weighted by atomic mass is 35.5. The van der Waals surface area contributed by atoms with Crippen molar-refractivity contribution >= 4 is 17.2 Å². The molecule has 1 aliphatic carbocycles. The molecule has 0 saturated heterocycles. The van der Waals surface area contributed by atoms with Crippen molar-refractivity contribution in [3.8, 4) is 5.75 Å². The summed E-state index contributed by atoms with van der Waals surface area (Å²) in [5.41, 5.74) is 2.00. The lowest BCUT2D eigenvalue weighted by Gasteiger charge is -2.23. The third-order valence-corrected chi connectivity index (χ3v) is 4.72. The lowest BCUT2D eigenvalue weighted by molar-refractivity contribution is 0.386. The van der Waals surface area contributed by atoms with Gasteiger partial charge in [-0.2, -0.15) is 0 Å². The summed E-state index contributed by atoms with van der Waals surface area (Å²) in [5, 5.41) is 0.185. The van der Waals surface area contributed by atoms with Gasteiger partial charge >= 0.3 is 0 Å². The van der Waals surface area contributed by atoms with Crippen LogP contribution in [0.25, 0.3) is 5.57 Å². The molecule has 0 aliphatic heterocycles. The Labute approximate surface area is 132 Å². The van der Waals surface area contributed by atoms with E-state index in [1.165, 1.54) is 44.8 Å². The number of ether oxygens (including phenoxy) is 1. The van der Waals surface area contributed by atoms with E-state index in [2.05, 4.69) is 13.0 Å². The van der Waals surface area contributed by atoms with Gasteiger partial charge in [0.05, 0.1) is 12.1 Å². The Bertz CT molecular complexity index is 510. The first kappa shape index (κ1) is 16.4. The van der Waals surface area contributed by atoms with Gasteiger partial charge in [0.25, 0.3) is 0 Å². The summed E-state index contributed by atoms with van der Waals surface area (Å²) in [6.45, 7) is 2.24. The average molecular weight is 311 g/mol. The summed E-state index contributed by atoms with van der Waals surface area (Å²) in [7, 11) is 1.45. The lowest BCUT2D eigenvalue weighted by atomic mass is 9.84. The van der Waals surface area contributed by atoms with E-state index >= 15 is 0 Å². The van der Waals surface area contributed by atoms with E-state index in [9.17, 15) is 4.39 Å². The van der Waals surface area contributed by atoms with Gasteiger partial charge in [0, 0.05) is 0 Å². The first-order valence-corrected chi connectivity index (χ1v) is 8.26. The van der Waals surface area contributed by atoms with Gasteiger partial charge in [0.1, 0.15) is 0 Å². The third-order valence-electron chi connectivity index (χ3n) is 4.35. The highest BCUT2D eigenvalue weighted by molar-refractivity contribution is 6.32. The number of hydrogen-bond donors (Lipinski definition) is 0. The zero-order chi connectivity index (χ0) is 15.2. The number of unbranched alkanes of at least 4 members (excludes halogenated alkanes) is 2. The molecular formula is C18H24ClFO. The molecule has 0 heterocycles. The van der Waals surface area contributed by atoms with Gasteiger partial charge in [-0.25, -0.2) is 4.39 Å². The van der Waals surface area contributed by atoms with E-state index in [0.29, 0.717) is 0 Å². The molecule has 2 rings (SSSR count). The van der Waals surface area contributed by atoms with Crippen molar-refractivity contribution in [1.82, 2.24) is 0 Å². The van der Waals surface area contributed by atoms with Gasteiger partial charge < -0.3 is 4.74 Å². The molecule has 116 valence electrons. The van der Waals surface area contributed by atoms with Crippen molar-refractivity contribution in [3.63, 3.8) is 0 Å². The Morgan fingerprint density at radius 2 is 2.14 bits per heavy atom. The number of hydrogen-bond acceptors (Lipinski definition) is 1. The fourth-order valence-electron chi connectivity index (χ4n) is 3.02. The molecule has 1 aromatic carbocycles. The number of benzene rings is 1. The van der Waals surface area contributed by atoms with Crippen LogP contribution < -0.4 is 4.74 Å². The number of rotatable bonds is 6. The van der Waals surface area contributed by atoms with Gasteiger partial charge in [0.2, 0.25) is 0 Å². The monoisotopic (exact) mass is 310 g/mol. The second-order valence-electron chi connectivity index (χ2n) is 5.81. The highest BCUT2D eigenvalue weighted by Crippen LogP contribution is 2.38. The predicted molar refractivity (Wildman–Crippen MR) is 87.4 cm³/mol. The van der Waals surface area contributed by atoms with Crippen LogP contribution in [0.3, 0.4) is 0 Å². The molecule has 0 amide bonds. The minimum atomic E-state index is -0.456. The fourth-order valence-corrected chi connectivity index (χ4v) is 3.29. The first-order valence-electron chi connectivity index (χ1n) is 7.88. The van der Waals surface area contributed by atoms with Crippen LogP contribution in [0.4, 0.5) is 4.39 Å². The van der Waals surface area contributed by atoms with Crippen molar-refractivity contribution in [2.75, 3.05) is 7.11 Å². The summed E-state index contributed by atoms with van der Waals surface area (Å²) in [5.74, 6) is 0.530.